The molecule has 0 aliphatic carbocycles. The molecule has 0 spiro atoms. The lowest BCUT2D eigenvalue weighted by atomic mass is 10.4. The molecule has 0 nitrogen and oxygen atoms in total. The highest BCUT2D eigenvalue weighted by Crippen LogP contribution is 2.17. The third kappa shape index (κ3) is 1.74. The first-order chi connectivity index (χ1) is 3.93. The third-order valence-electron chi connectivity index (χ3n) is 2.19. The van der Waals surface area contributed by atoms with Crippen molar-refractivity contribution in [1.29, 1.82) is 0 Å². The highest BCUT2D eigenvalue weighted by molar-refractivity contribution is 6.86. The average molecular weight is 144 g/mol. The van der Waals surface area contributed by atoms with E-state index in [-0.39, 0.29) is 8.80 Å². The lowest BCUT2D eigenvalue weighted by Gasteiger charge is -2.22. The fourth-order valence-electron chi connectivity index (χ4n) is 1.27. The minimum absolute atomic E-state index is 0.0433. The second kappa shape index (κ2) is 3.46. The third-order valence-corrected chi connectivity index (χ3v) is 13.2. The molecule has 48 valence electrons. The second-order valence-corrected chi connectivity index (χ2v) is 10.6. The normalized spacial score (nSPS) is 30.4. The van der Waals surface area contributed by atoms with Gasteiger partial charge in [0.2, 0.25) is 0 Å². The Morgan fingerprint density at radius 2 is 2.25 bits per heavy atom. The van der Waals surface area contributed by atoms with E-state index in [1.807, 2.05) is 0 Å². The van der Waals surface area contributed by atoms with Gasteiger partial charge in [0, 0.05) is 18.3 Å². The zero-order valence-corrected chi connectivity index (χ0v) is 8.39. The molecule has 0 bridgehead atoms. The summed E-state index contributed by atoms with van der Waals surface area (Å²) in [4.78, 5) is 0. The zero-order valence-electron chi connectivity index (χ0n) is 5.82. The molecule has 0 aromatic carbocycles. The molecule has 0 unspecified atom stereocenters. The quantitative estimate of drug-likeness (QED) is 0.521. The van der Waals surface area contributed by atoms with Gasteiger partial charge in [-0.1, -0.05) is 37.1 Å². The van der Waals surface area contributed by atoms with Crippen molar-refractivity contribution in [1.82, 2.24) is 0 Å². The molecule has 0 amide bonds. The summed E-state index contributed by atoms with van der Waals surface area (Å²) in [7, 11) is 0.635. The van der Waals surface area contributed by atoms with Crippen molar-refractivity contribution in [3.8, 4) is 0 Å². The van der Waals surface area contributed by atoms with Crippen LogP contribution in [0.4, 0.5) is 0 Å². The lowest BCUT2D eigenvalue weighted by molar-refractivity contribution is 0.871. The van der Waals surface area contributed by atoms with Gasteiger partial charge in [0.25, 0.3) is 0 Å². The molecule has 0 aromatic heterocycles. The molecular formula is C6H16Si2. The Labute approximate surface area is 56.1 Å². The van der Waals surface area contributed by atoms with Gasteiger partial charge in [-0.15, -0.1) is 0 Å². The summed E-state index contributed by atoms with van der Waals surface area (Å²) in [6.45, 7) is 2.31. The van der Waals surface area contributed by atoms with E-state index in [4.69, 9.17) is 0 Å². The van der Waals surface area contributed by atoms with Crippen LogP contribution >= 0.6 is 0 Å². The van der Waals surface area contributed by atoms with Crippen LogP contribution in [0.25, 0.3) is 0 Å². The van der Waals surface area contributed by atoms with E-state index >= 15 is 0 Å². The molecule has 2 heteroatoms. The van der Waals surface area contributed by atoms with E-state index in [0.717, 1.165) is 0 Å². The van der Waals surface area contributed by atoms with E-state index in [2.05, 4.69) is 6.92 Å². The van der Waals surface area contributed by atoms with Gasteiger partial charge in [0.05, 0.1) is 0 Å². The van der Waals surface area contributed by atoms with Crippen LogP contribution in [0.1, 0.15) is 19.8 Å². The number of rotatable bonds is 3. The van der Waals surface area contributed by atoms with Crippen molar-refractivity contribution >= 4 is 18.3 Å². The van der Waals surface area contributed by atoms with Gasteiger partial charge >= 0.3 is 0 Å². The molecule has 1 aliphatic heterocycles. The van der Waals surface area contributed by atoms with Crippen molar-refractivity contribution in [2.45, 2.75) is 37.1 Å². The van der Waals surface area contributed by atoms with Crippen LogP contribution in [0, 0.1) is 0 Å². The van der Waals surface area contributed by atoms with Gasteiger partial charge in [-0.3, -0.25) is 0 Å². The summed E-state index contributed by atoms with van der Waals surface area (Å²) in [5.41, 5.74) is 3.61. The van der Waals surface area contributed by atoms with Gasteiger partial charge in [0.15, 0.2) is 0 Å². The highest BCUT2D eigenvalue weighted by atomic mass is 28.4. The SMILES string of the molecule is CCCC[SiH]1C[SiH2]C1. The predicted octanol–water partition coefficient (Wildman–Crippen LogP) is 1.11. The fraction of sp³-hybridized carbons (Fsp3) is 1.00. The van der Waals surface area contributed by atoms with Crippen LogP contribution in [-0.4, -0.2) is 18.3 Å². The van der Waals surface area contributed by atoms with Crippen LogP contribution in [-0.2, 0) is 0 Å². The van der Waals surface area contributed by atoms with E-state index in [1.165, 1.54) is 6.42 Å². The van der Waals surface area contributed by atoms with E-state index in [0.29, 0.717) is 9.52 Å². The number of hydrogen-bond donors (Lipinski definition) is 0. The number of hydrogen-bond acceptors (Lipinski definition) is 0. The summed E-state index contributed by atoms with van der Waals surface area (Å²) in [6, 6.07) is 1.68. The molecule has 0 saturated carbocycles. The molecule has 1 saturated heterocycles. The highest BCUT2D eigenvalue weighted by Gasteiger charge is 2.17. The molecule has 0 atom stereocenters. The molecule has 0 aromatic rings. The van der Waals surface area contributed by atoms with Gasteiger partial charge in [-0.05, 0) is 0 Å². The molecular weight excluding hydrogens is 128 g/mol. The van der Waals surface area contributed by atoms with E-state index in [1.54, 1.807) is 23.8 Å². The minimum Gasteiger partial charge on any atom is -0.0697 e. The van der Waals surface area contributed by atoms with Gasteiger partial charge in [-0.2, -0.15) is 0 Å². The smallest absolute Gasteiger partial charge is 0.0304 e. The van der Waals surface area contributed by atoms with Gasteiger partial charge in [-0.25, -0.2) is 0 Å². The first kappa shape index (κ1) is 6.55. The minimum atomic E-state index is 0.0433. The van der Waals surface area contributed by atoms with Crippen LogP contribution < -0.4 is 0 Å². The van der Waals surface area contributed by atoms with E-state index in [9.17, 15) is 0 Å². The largest absolute Gasteiger partial charge is 0.0697 e. The van der Waals surface area contributed by atoms with Crippen molar-refractivity contribution < 1.29 is 0 Å². The second-order valence-electron chi connectivity index (χ2n) is 2.94. The van der Waals surface area contributed by atoms with Crippen molar-refractivity contribution in [2.24, 2.45) is 0 Å². The van der Waals surface area contributed by atoms with Crippen LogP contribution in [0.3, 0.4) is 0 Å². The Morgan fingerprint density at radius 1 is 1.50 bits per heavy atom. The Bertz CT molecular complexity index is 59.5. The Morgan fingerprint density at radius 3 is 2.62 bits per heavy atom. The Kier molecular flexibility index (Phi) is 2.83. The van der Waals surface area contributed by atoms with Crippen LogP contribution in [0.5, 0.6) is 0 Å². The maximum atomic E-state index is 2.31. The first-order valence-electron chi connectivity index (χ1n) is 3.93. The molecule has 1 aliphatic rings. The topological polar surface area (TPSA) is 0 Å². The van der Waals surface area contributed by atoms with E-state index < -0.39 is 0 Å². The molecule has 1 rings (SSSR count). The van der Waals surface area contributed by atoms with Gasteiger partial charge < -0.3 is 0 Å². The summed E-state index contributed by atoms with van der Waals surface area (Å²) < 4.78 is 0. The van der Waals surface area contributed by atoms with Crippen LogP contribution in [0.2, 0.25) is 17.4 Å². The first-order valence-corrected chi connectivity index (χ1v) is 8.38. The maximum Gasteiger partial charge on any atom is 0.0304 e. The molecule has 0 N–H and O–H groups in total. The zero-order chi connectivity index (χ0) is 5.82. The van der Waals surface area contributed by atoms with Crippen LogP contribution in [0.15, 0.2) is 0 Å². The molecule has 1 fully saturated rings. The molecule has 1 heterocycles. The summed E-state index contributed by atoms with van der Waals surface area (Å²) in [5, 5.41) is 0. The molecule has 0 radical (unpaired) electrons. The van der Waals surface area contributed by atoms with Crippen molar-refractivity contribution in [3.63, 3.8) is 0 Å². The number of unbranched alkanes of at least 4 members (excludes halogenated alkanes) is 1. The fourth-order valence-corrected chi connectivity index (χ4v) is 8.51. The Balaban J connectivity index is 1.86. The van der Waals surface area contributed by atoms with Crippen molar-refractivity contribution in [3.05, 3.63) is 0 Å². The lowest BCUT2D eigenvalue weighted by Crippen LogP contribution is -2.28. The summed E-state index contributed by atoms with van der Waals surface area (Å²) in [6.07, 6.45) is 2.98. The summed E-state index contributed by atoms with van der Waals surface area (Å²) >= 11 is 0. The Hall–Kier alpha value is 0.434. The van der Waals surface area contributed by atoms with Gasteiger partial charge in [0.1, 0.15) is 0 Å². The summed E-state index contributed by atoms with van der Waals surface area (Å²) in [5.74, 6) is 0. The maximum absolute atomic E-state index is 2.31. The standard InChI is InChI=1S/C6H16Si2/c1-2-3-4-8-5-7-6-8/h8H,2-7H2,1H3. The average Bonchev–Trinajstić information content (AvgIpc) is 1.63. The predicted molar refractivity (Wildman–Crippen MR) is 45.0 cm³/mol. The monoisotopic (exact) mass is 144 g/mol. The molecule has 8 heavy (non-hydrogen) atoms. The van der Waals surface area contributed by atoms with Crippen molar-refractivity contribution in [2.75, 3.05) is 0 Å².